The zero-order valence-electron chi connectivity index (χ0n) is 19.4. The number of carbonyl (C=O) groups excluding carboxylic acids is 2. The molecule has 3 aromatic carbocycles. The number of benzene rings is 3. The zero-order chi connectivity index (χ0) is 24.6. The summed E-state index contributed by atoms with van der Waals surface area (Å²) in [5.41, 5.74) is 3.64. The standard InChI is InChI=1S/C27H26N2O5S/c1-19-16-21-9-3-5-14-25(21)29(19)35(32,33)23-12-6-10-22(17-23)27(31)34-18-26(30)28-15-7-11-20-8-2-4-13-24(20)28/h2-6,8-10,12-14,17,19H,7,11,15-16,18H2,1H3/t19-/m0/s1. The van der Waals surface area contributed by atoms with Gasteiger partial charge in [0.25, 0.3) is 15.9 Å². The van der Waals surface area contributed by atoms with Crippen molar-refractivity contribution in [1.29, 1.82) is 0 Å². The Balaban J connectivity index is 1.31. The van der Waals surface area contributed by atoms with E-state index in [4.69, 9.17) is 4.74 Å². The van der Waals surface area contributed by atoms with Gasteiger partial charge in [-0.05, 0) is 67.6 Å². The number of esters is 1. The van der Waals surface area contributed by atoms with Crippen LogP contribution >= 0.6 is 0 Å². The summed E-state index contributed by atoms with van der Waals surface area (Å²) in [6.07, 6.45) is 2.37. The van der Waals surface area contributed by atoms with Crippen LogP contribution < -0.4 is 9.21 Å². The second-order valence-corrected chi connectivity index (χ2v) is 10.7. The normalized spacial score (nSPS) is 17.0. The Morgan fingerprint density at radius 2 is 1.66 bits per heavy atom. The van der Waals surface area contributed by atoms with Crippen molar-refractivity contribution in [3.63, 3.8) is 0 Å². The summed E-state index contributed by atoms with van der Waals surface area (Å²) in [6.45, 7) is 2.01. The Hall–Kier alpha value is -3.65. The van der Waals surface area contributed by atoms with Crippen LogP contribution in [0.4, 0.5) is 11.4 Å². The number of para-hydroxylation sites is 2. The van der Waals surface area contributed by atoms with E-state index in [2.05, 4.69) is 0 Å². The Kier molecular flexibility index (Phi) is 6.06. The molecule has 0 N–H and O–H groups in total. The van der Waals surface area contributed by atoms with Crippen LogP contribution in [0.2, 0.25) is 0 Å². The fourth-order valence-electron chi connectivity index (χ4n) is 4.88. The van der Waals surface area contributed by atoms with Gasteiger partial charge < -0.3 is 9.64 Å². The van der Waals surface area contributed by atoms with Crippen molar-refractivity contribution in [3.8, 4) is 0 Å². The Morgan fingerprint density at radius 1 is 0.943 bits per heavy atom. The summed E-state index contributed by atoms with van der Waals surface area (Å²) in [5, 5.41) is 0. The number of nitrogens with zero attached hydrogens (tertiary/aromatic N) is 2. The molecular formula is C27H26N2O5S. The van der Waals surface area contributed by atoms with Crippen LogP contribution in [0.15, 0.2) is 77.7 Å². The topological polar surface area (TPSA) is 84.0 Å². The van der Waals surface area contributed by atoms with Gasteiger partial charge in [0, 0.05) is 18.3 Å². The van der Waals surface area contributed by atoms with Gasteiger partial charge in [0.05, 0.1) is 16.1 Å². The van der Waals surface area contributed by atoms with Crippen LogP contribution in [0.1, 0.15) is 34.8 Å². The molecule has 0 aliphatic carbocycles. The molecule has 0 saturated carbocycles. The lowest BCUT2D eigenvalue weighted by atomic mass is 10.0. The first-order valence-corrected chi connectivity index (χ1v) is 13.1. The van der Waals surface area contributed by atoms with Crippen molar-refractivity contribution in [3.05, 3.63) is 89.5 Å². The summed E-state index contributed by atoms with van der Waals surface area (Å²) in [6, 6.07) is 20.7. The number of hydrogen-bond donors (Lipinski definition) is 0. The maximum atomic E-state index is 13.5. The first-order valence-electron chi connectivity index (χ1n) is 11.6. The first kappa shape index (κ1) is 23.1. The summed E-state index contributed by atoms with van der Waals surface area (Å²) in [5.74, 6) is -1.05. The fourth-order valence-corrected chi connectivity index (χ4v) is 6.62. The highest BCUT2D eigenvalue weighted by atomic mass is 32.2. The van der Waals surface area contributed by atoms with Crippen molar-refractivity contribution in [2.24, 2.45) is 0 Å². The summed E-state index contributed by atoms with van der Waals surface area (Å²) < 4.78 is 33.7. The molecular weight excluding hydrogens is 464 g/mol. The third-order valence-corrected chi connectivity index (χ3v) is 8.43. The minimum absolute atomic E-state index is 0.00628. The van der Waals surface area contributed by atoms with Crippen LogP contribution in [0, 0.1) is 0 Å². The number of amides is 1. The summed E-state index contributed by atoms with van der Waals surface area (Å²) in [4.78, 5) is 27.2. The predicted molar refractivity (Wildman–Crippen MR) is 133 cm³/mol. The Bertz CT molecular complexity index is 1400. The molecule has 2 heterocycles. The van der Waals surface area contributed by atoms with Crippen molar-refractivity contribution in [2.75, 3.05) is 22.4 Å². The number of rotatable bonds is 5. The number of ether oxygens (including phenoxy) is 1. The molecule has 0 bridgehead atoms. The molecule has 2 aliphatic rings. The van der Waals surface area contributed by atoms with Crippen LogP contribution in [0.25, 0.3) is 0 Å². The lowest BCUT2D eigenvalue weighted by Gasteiger charge is -2.29. The van der Waals surface area contributed by atoms with Crippen molar-refractivity contribution < 1.29 is 22.7 Å². The molecule has 1 amide bonds. The summed E-state index contributed by atoms with van der Waals surface area (Å²) >= 11 is 0. The summed E-state index contributed by atoms with van der Waals surface area (Å²) in [7, 11) is -3.89. The van der Waals surface area contributed by atoms with Gasteiger partial charge in [-0.1, -0.05) is 42.5 Å². The zero-order valence-corrected chi connectivity index (χ0v) is 20.2. The largest absolute Gasteiger partial charge is 0.452 e. The number of anilines is 2. The van der Waals surface area contributed by atoms with Gasteiger partial charge in [-0.15, -0.1) is 0 Å². The van der Waals surface area contributed by atoms with E-state index in [0.29, 0.717) is 18.7 Å². The van der Waals surface area contributed by atoms with Crippen LogP contribution in [-0.2, 0) is 32.4 Å². The Morgan fingerprint density at radius 3 is 2.46 bits per heavy atom. The van der Waals surface area contributed by atoms with E-state index in [9.17, 15) is 18.0 Å². The highest BCUT2D eigenvalue weighted by molar-refractivity contribution is 7.92. The minimum Gasteiger partial charge on any atom is -0.452 e. The fraction of sp³-hybridized carbons (Fsp3) is 0.259. The predicted octanol–water partition coefficient (Wildman–Crippen LogP) is 3.96. The van der Waals surface area contributed by atoms with E-state index in [1.807, 2.05) is 49.4 Å². The molecule has 0 unspecified atom stereocenters. The van der Waals surface area contributed by atoms with E-state index in [1.165, 1.54) is 28.6 Å². The van der Waals surface area contributed by atoms with Crippen LogP contribution in [0.5, 0.6) is 0 Å². The molecule has 8 heteroatoms. The molecule has 180 valence electrons. The maximum Gasteiger partial charge on any atom is 0.338 e. The number of fused-ring (bicyclic) bond motifs is 2. The molecule has 0 fully saturated rings. The van der Waals surface area contributed by atoms with Gasteiger partial charge in [-0.3, -0.25) is 9.10 Å². The van der Waals surface area contributed by atoms with E-state index in [-0.39, 0.29) is 22.4 Å². The van der Waals surface area contributed by atoms with Crippen molar-refractivity contribution >= 4 is 33.3 Å². The average molecular weight is 491 g/mol. The molecule has 1 atom stereocenters. The molecule has 3 aromatic rings. The molecule has 5 rings (SSSR count). The lowest BCUT2D eigenvalue weighted by Crippen LogP contribution is -2.38. The van der Waals surface area contributed by atoms with Crippen molar-refractivity contribution in [2.45, 2.75) is 37.1 Å². The maximum absolute atomic E-state index is 13.5. The molecule has 0 spiro atoms. The third-order valence-electron chi connectivity index (χ3n) is 6.51. The quantitative estimate of drug-likeness (QED) is 0.506. The van der Waals surface area contributed by atoms with Gasteiger partial charge in [-0.2, -0.15) is 0 Å². The van der Waals surface area contributed by atoms with Gasteiger partial charge >= 0.3 is 5.97 Å². The van der Waals surface area contributed by atoms with E-state index in [0.717, 1.165) is 29.7 Å². The number of aryl methyl sites for hydroxylation is 1. The number of carbonyl (C=O) groups is 2. The van der Waals surface area contributed by atoms with Gasteiger partial charge in [-0.25, -0.2) is 13.2 Å². The van der Waals surface area contributed by atoms with Gasteiger partial charge in [0.15, 0.2) is 6.61 Å². The van der Waals surface area contributed by atoms with Crippen LogP contribution in [-0.4, -0.2) is 39.5 Å². The molecule has 0 aromatic heterocycles. The third kappa shape index (κ3) is 4.30. The first-order chi connectivity index (χ1) is 16.9. The van der Waals surface area contributed by atoms with E-state index in [1.54, 1.807) is 11.0 Å². The van der Waals surface area contributed by atoms with Crippen LogP contribution in [0.3, 0.4) is 0 Å². The van der Waals surface area contributed by atoms with Gasteiger partial charge in [0.2, 0.25) is 0 Å². The van der Waals surface area contributed by atoms with Gasteiger partial charge in [0.1, 0.15) is 0 Å². The molecule has 2 aliphatic heterocycles. The highest BCUT2D eigenvalue weighted by Crippen LogP contribution is 2.36. The molecule has 35 heavy (non-hydrogen) atoms. The molecule has 0 radical (unpaired) electrons. The molecule has 7 nitrogen and oxygen atoms in total. The number of sulfonamides is 1. The average Bonchev–Trinajstić information content (AvgIpc) is 3.23. The van der Waals surface area contributed by atoms with Crippen molar-refractivity contribution in [1.82, 2.24) is 0 Å². The van der Waals surface area contributed by atoms with E-state index >= 15 is 0 Å². The lowest BCUT2D eigenvalue weighted by molar-refractivity contribution is -0.121. The number of hydrogen-bond acceptors (Lipinski definition) is 5. The highest BCUT2D eigenvalue weighted by Gasteiger charge is 2.36. The monoisotopic (exact) mass is 490 g/mol. The smallest absolute Gasteiger partial charge is 0.338 e. The van der Waals surface area contributed by atoms with E-state index < -0.39 is 22.6 Å². The second kappa shape index (κ2) is 9.19. The minimum atomic E-state index is -3.89. The second-order valence-electron chi connectivity index (χ2n) is 8.86. The Labute approximate surface area is 205 Å². The molecule has 0 saturated heterocycles. The SMILES string of the molecule is C[C@H]1Cc2ccccc2N1S(=O)(=O)c1cccc(C(=O)OCC(=O)N2CCCc3ccccc32)c1.